The van der Waals surface area contributed by atoms with E-state index in [1.54, 1.807) is 6.07 Å². The molecule has 15 heavy (non-hydrogen) atoms. The lowest BCUT2D eigenvalue weighted by Crippen LogP contribution is -2.11. The number of rotatable bonds is 3. The molecule has 1 aromatic carbocycles. The van der Waals surface area contributed by atoms with Crippen molar-refractivity contribution in [1.82, 2.24) is 4.98 Å². The van der Waals surface area contributed by atoms with Crippen LogP contribution in [-0.4, -0.2) is 22.6 Å². The summed E-state index contributed by atoms with van der Waals surface area (Å²) in [5, 5.41) is 11.6. The van der Waals surface area contributed by atoms with Crippen LogP contribution in [0, 0.1) is 5.82 Å². The van der Waals surface area contributed by atoms with Crippen LogP contribution in [-0.2, 0) is 4.79 Å². The third-order valence-electron chi connectivity index (χ3n) is 1.74. The highest BCUT2D eigenvalue weighted by molar-refractivity contribution is 7.22. The summed E-state index contributed by atoms with van der Waals surface area (Å²) in [5.41, 5.74) is 0.661. The number of fused-ring (bicyclic) bond motifs is 1. The van der Waals surface area contributed by atoms with E-state index in [1.807, 2.05) is 0 Å². The second kappa shape index (κ2) is 3.82. The molecule has 0 atom stereocenters. The molecule has 0 unspecified atom stereocenters. The minimum atomic E-state index is -0.958. The highest BCUT2D eigenvalue weighted by atomic mass is 32.1. The fourth-order valence-corrected chi connectivity index (χ4v) is 2.01. The molecule has 0 amide bonds. The fourth-order valence-electron chi connectivity index (χ4n) is 1.13. The lowest BCUT2D eigenvalue weighted by atomic mass is 10.3. The Kier molecular flexibility index (Phi) is 2.51. The zero-order valence-corrected chi connectivity index (χ0v) is 8.34. The molecule has 0 aliphatic rings. The smallest absolute Gasteiger partial charge is 0.322 e. The fraction of sp³-hybridized carbons (Fsp3) is 0.111. The predicted molar refractivity (Wildman–Crippen MR) is 55.7 cm³/mol. The standard InChI is InChI=1S/C9H7FN2O2S/c10-5-1-2-6-7(3-5)15-9(12-6)11-4-8(13)14/h1-3H,4H2,(H,11,12)(H,13,14). The van der Waals surface area contributed by atoms with Gasteiger partial charge in [-0.2, -0.15) is 0 Å². The van der Waals surface area contributed by atoms with Gasteiger partial charge in [0.05, 0.1) is 10.2 Å². The molecule has 0 bridgehead atoms. The minimum absolute atomic E-state index is 0.192. The van der Waals surface area contributed by atoms with Crippen LogP contribution in [0.5, 0.6) is 0 Å². The molecular formula is C9H7FN2O2S. The number of aromatic nitrogens is 1. The van der Waals surface area contributed by atoms with Gasteiger partial charge in [0.25, 0.3) is 0 Å². The minimum Gasteiger partial charge on any atom is -0.480 e. The largest absolute Gasteiger partial charge is 0.480 e. The van der Waals surface area contributed by atoms with Gasteiger partial charge in [-0.1, -0.05) is 11.3 Å². The number of nitrogens with one attached hydrogen (secondary N) is 1. The molecule has 0 spiro atoms. The molecule has 78 valence electrons. The zero-order chi connectivity index (χ0) is 10.8. The molecule has 6 heteroatoms. The molecule has 2 aromatic rings. The van der Waals surface area contributed by atoms with Gasteiger partial charge in [0.2, 0.25) is 0 Å². The zero-order valence-electron chi connectivity index (χ0n) is 7.53. The highest BCUT2D eigenvalue weighted by Gasteiger charge is 2.05. The highest BCUT2D eigenvalue weighted by Crippen LogP contribution is 2.26. The van der Waals surface area contributed by atoms with E-state index in [2.05, 4.69) is 10.3 Å². The average Bonchev–Trinajstić information content (AvgIpc) is 2.56. The first-order valence-corrected chi connectivity index (χ1v) is 4.98. The molecule has 0 aliphatic carbocycles. The maximum atomic E-state index is 12.8. The van der Waals surface area contributed by atoms with E-state index in [9.17, 15) is 9.18 Å². The van der Waals surface area contributed by atoms with E-state index >= 15 is 0 Å². The van der Waals surface area contributed by atoms with Crippen molar-refractivity contribution in [3.05, 3.63) is 24.0 Å². The van der Waals surface area contributed by atoms with Crippen molar-refractivity contribution in [2.75, 3.05) is 11.9 Å². The van der Waals surface area contributed by atoms with Gasteiger partial charge in [-0.3, -0.25) is 4.79 Å². The van der Waals surface area contributed by atoms with E-state index in [0.717, 1.165) is 0 Å². The maximum Gasteiger partial charge on any atom is 0.322 e. The van der Waals surface area contributed by atoms with E-state index < -0.39 is 5.97 Å². The SMILES string of the molecule is O=C(O)CNc1nc2ccc(F)cc2s1. The molecule has 0 saturated carbocycles. The van der Waals surface area contributed by atoms with Crippen molar-refractivity contribution in [2.24, 2.45) is 0 Å². The molecule has 0 radical (unpaired) electrons. The van der Waals surface area contributed by atoms with E-state index in [0.29, 0.717) is 15.3 Å². The number of carbonyl (C=O) groups is 1. The van der Waals surface area contributed by atoms with E-state index in [1.165, 1.54) is 23.5 Å². The van der Waals surface area contributed by atoms with Crippen molar-refractivity contribution in [3.8, 4) is 0 Å². The van der Waals surface area contributed by atoms with Crippen molar-refractivity contribution >= 4 is 32.7 Å². The number of benzene rings is 1. The molecule has 4 nitrogen and oxygen atoms in total. The average molecular weight is 226 g/mol. The lowest BCUT2D eigenvalue weighted by molar-refractivity contribution is -0.134. The topological polar surface area (TPSA) is 62.2 Å². The van der Waals surface area contributed by atoms with E-state index in [4.69, 9.17) is 5.11 Å². The van der Waals surface area contributed by atoms with Crippen LogP contribution >= 0.6 is 11.3 Å². The summed E-state index contributed by atoms with van der Waals surface area (Å²) in [6, 6.07) is 4.26. The van der Waals surface area contributed by atoms with Gasteiger partial charge >= 0.3 is 5.97 Å². The molecular weight excluding hydrogens is 219 g/mol. The Morgan fingerprint density at radius 2 is 2.40 bits per heavy atom. The number of thiazole rings is 1. The molecule has 1 aromatic heterocycles. The Bertz CT molecular complexity index is 512. The van der Waals surface area contributed by atoms with Gasteiger partial charge in [0, 0.05) is 0 Å². The van der Waals surface area contributed by atoms with Crippen LogP contribution in [0.2, 0.25) is 0 Å². The lowest BCUT2D eigenvalue weighted by Gasteiger charge is -1.94. The summed E-state index contributed by atoms with van der Waals surface area (Å²) < 4.78 is 13.5. The summed E-state index contributed by atoms with van der Waals surface area (Å²) >= 11 is 1.23. The quantitative estimate of drug-likeness (QED) is 0.839. The Labute approximate surface area is 88.4 Å². The van der Waals surface area contributed by atoms with Crippen molar-refractivity contribution in [2.45, 2.75) is 0 Å². The first-order chi connectivity index (χ1) is 7.15. The van der Waals surface area contributed by atoms with Crippen LogP contribution in [0.15, 0.2) is 18.2 Å². The van der Waals surface area contributed by atoms with Gasteiger partial charge in [0.1, 0.15) is 12.4 Å². The Morgan fingerprint density at radius 1 is 1.60 bits per heavy atom. The Balaban J connectivity index is 2.27. The van der Waals surface area contributed by atoms with Crippen molar-refractivity contribution < 1.29 is 14.3 Å². The third-order valence-corrected chi connectivity index (χ3v) is 2.72. The number of aliphatic carboxylic acids is 1. The molecule has 2 N–H and O–H groups in total. The maximum absolute atomic E-state index is 12.8. The normalized spacial score (nSPS) is 10.5. The van der Waals surface area contributed by atoms with Gasteiger partial charge in [0.15, 0.2) is 5.13 Å². The summed E-state index contributed by atoms with van der Waals surface area (Å²) in [5.74, 6) is -1.28. The molecule has 2 rings (SSSR count). The van der Waals surface area contributed by atoms with Gasteiger partial charge in [-0.25, -0.2) is 9.37 Å². The molecule has 0 aliphatic heterocycles. The first-order valence-electron chi connectivity index (χ1n) is 4.17. The molecule has 0 fully saturated rings. The van der Waals surface area contributed by atoms with Crippen LogP contribution in [0.1, 0.15) is 0 Å². The van der Waals surface area contributed by atoms with Crippen LogP contribution in [0.4, 0.5) is 9.52 Å². The second-order valence-corrected chi connectivity index (χ2v) is 3.91. The number of hydrogen-bond acceptors (Lipinski definition) is 4. The van der Waals surface area contributed by atoms with Gasteiger partial charge < -0.3 is 10.4 Å². The van der Waals surface area contributed by atoms with Crippen molar-refractivity contribution in [3.63, 3.8) is 0 Å². The summed E-state index contributed by atoms with van der Waals surface area (Å²) in [6.45, 7) is -0.192. The van der Waals surface area contributed by atoms with Crippen LogP contribution < -0.4 is 5.32 Å². The Morgan fingerprint density at radius 3 is 3.13 bits per heavy atom. The number of anilines is 1. The number of hydrogen-bond donors (Lipinski definition) is 2. The van der Waals surface area contributed by atoms with E-state index in [-0.39, 0.29) is 12.4 Å². The van der Waals surface area contributed by atoms with Crippen LogP contribution in [0.3, 0.4) is 0 Å². The number of nitrogens with zero attached hydrogens (tertiary/aromatic N) is 1. The second-order valence-electron chi connectivity index (χ2n) is 2.88. The van der Waals surface area contributed by atoms with Crippen LogP contribution in [0.25, 0.3) is 10.2 Å². The first kappa shape index (κ1) is 9.85. The summed E-state index contributed by atoms with van der Waals surface area (Å²) in [6.07, 6.45) is 0. The number of carboxylic acid groups (broad SMARTS) is 1. The van der Waals surface area contributed by atoms with Gasteiger partial charge in [-0.05, 0) is 18.2 Å². The number of carboxylic acids is 1. The van der Waals surface area contributed by atoms with Crippen molar-refractivity contribution in [1.29, 1.82) is 0 Å². The molecule has 0 saturated heterocycles. The number of halogens is 1. The predicted octanol–water partition coefficient (Wildman–Crippen LogP) is 1.93. The Hall–Kier alpha value is -1.69. The van der Waals surface area contributed by atoms with Gasteiger partial charge in [-0.15, -0.1) is 0 Å². The summed E-state index contributed by atoms with van der Waals surface area (Å²) in [4.78, 5) is 14.4. The summed E-state index contributed by atoms with van der Waals surface area (Å²) in [7, 11) is 0. The third kappa shape index (κ3) is 2.21. The monoisotopic (exact) mass is 226 g/mol. The molecule has 1 heterocycles.